The van der Waals surface area contributed by atoms with Crippen molar-refractivity contribution in [3.8, 4) is 5.75 Å². The van der Waals surface area contributed by atoms with Crippen molar-refractivity contribution in [2.24, 2.45) is 0 Å². The molecule has 0 aliphatic rings. The van der Waals surface area contributed by atoms with Crippen LogP contribution >= 0.6 is 0 Å². The third kappa shape index (κ3) is 4.85. The molecule has 20 heavy (non-hydrogen) atoms. The van der Waals surface area contributed by atoms with Gasteiger partial charge in [-0.05, 0) is 18.7 Å². The van der Waals surface area contributed by atoms with E-state index in [1.807, 2.05) is 11.9 Å². The Morgan fingerprint density at radius 2 is 2.05 bits per heavy atom. The van der Waals surface area contributed by atoms with E-state index in [1.54, 1.807) is 6.07 Å². The van der Waals surface area contributed by atoms with Gasteiger partial charge in [0, 0.05) is 19.2 Å². The Balaban J connectivity index is 2.73. The van der Waals surface area contributed by atoms with Gasteiger partial charge in [0.1, 0.15) is 5.75 Å². The molecule has 0 unspecified atom stereocenters. The molecule has 110 valence electrons. The molecule has 1 rings (SSSR count). The van der Waals surface area contributed by atoms with E-state index in [4.69, 9.17) is 4.74 Å². The molecule has 0 N–H and O–H groups in total. The van der Waals surface area contributed by atoms with Crippen molar-refractivity contribution >= 4 is 11.7 Å². The van der Waals surface area contributed by atoms with Crippen molar-refractivity contribution in [3.05, 3.63) is 33.9 Å². The summed E-state index contributed by atoms with van der Waals surface area (Å²) in [6.45, 7) is 0.993. The predicted octanol–water partition coefficient (Wildman–Crippen LogP) is 1.60. The molecule has 7 heteroatoms. The molecule has 0 saturated heterocycles. The molecule has 0 radical (unpaired) electrons. The summed E-state index contributed by atoms with van der Waals surface area (Å²) in [5.74, 6) is 0.157. The zero-order valence-electron chi connectivity index (χ0n) is 11.8. The third-order valence-electron chi connectivity index (χ3n) is 2.78. The number of carbonyl (C=O) groups is 1. The Bertz CT molecular complexity index is 490. The highest BCUT2D eigenvalue weighted by molar-refractivity contribution is 5.69. The number of hydrogen-bond acceptors (Lipinski definition) is 6. The molecule has 0 bridgehead atoms. The summed E-state index contributed by atoms with van der Waals surface area (Å²) in [6.07, 6.45) is 0.277. The molecule has 0 heterocycles. The Morgan fingerprint density at radius 1 is 1.35 bits per heavy atom. The summed E-state index contributed by atoms with van der Waals surface area (Å²) in [7, 11) is 4.63. The number of hydrogen-bond donors (Lipinski definition) is 0. The molecule has 0 aliphatic carbocycles. The summed E-state index contributed by atoms with van der Waals surface area (Å²) < 4.78 is 9.61. The predicted molar refractivity (Wildman–Crippen MR) is 72.6 cm³/mol. The summed E-state index contributed by atoms with van der Waals surface area (Å²) in [5.41, 5.74) is 0.740. The number of ether oxygens (including phenoxy) is 2. The fraction of sp³-hybridized carbons (Fsp3) is 0.462. The van der Waals surface area contributed by atoms with Crippen molar-refractivity contribution in [2.45, 2.75) is 13.0 Å². The molecule has 0 atom stereocenters. The summed E-state index contributed by atoms with van der Waals surface area (Å²) in [6, 6.07) is 4.61. The van der Waals surface area contributed by atoms with Gasteiger partial charge in [-0.1, -0.05) is 0 Å². The van der Waals surface area contributed by atoms with Gasteiger partial charge in [-0.25, -0.2) is 0 Å². The fourth-order valence-corrected chi connectivity index (χ4v) is 1.73. The fourth-order valence-electron chi connectivity index (χ4n) is 1.73. The van der Waals surface area contributed by atoms with Gasteiger partial charge >= 0.3 is 5.97 Å². The highest BCUT2D eigenvalue weighted by Crippen LogP contribution is 2.23. The number of rotatable bonds is 7. The van der Waals surface area contributed by atoms with E-state index in [0.29, 0.717) is 18.8 Å². The zero-order valence-corrected chi connectivity index (χ0v) is 11.8. The van der Waals surface area contributed by atoms with E-state index >= 15 is 0 Å². The number of nitrogens with zero attached hydrogens (tertiary/aromatic N) is 2. The molecule has 0 spiro atoms. The van der Waals surface area contributed by atoms with E-state index < -0.39 is 4.92 Å². The first-order valence-corrected chi connectivity index (χ1v) is 6.04. The number of nitro groups is 1. The van der Waals surface area contributed by atoms with Gasteiger partial charge in [0.25, 0.3) is 5.69 Å². The lowest BCUT2D eigenvalue weighted by Gasteiger charge is -2.16. The third-order valence-corrected chi connectivity index (χ3v) is 2.78. The minimum atomic E-state index is -0.458. The molecule has 7 nitrogen and oxygen atoms in total. The molecule has 1 aromatic rings. The lowest BCUT2D eigenvalue weighted by molar-refractivity contribution is -0.385. The number of non-ortho nitro benzene ring substituents is 1. The minimum absolute atomic E-state index is 0.0132. The van der Waals surface area contributed by atoms with Gasteiger partial charge in [-0.2, -0.15) is 0 Å². The van der Waals surface area contributed by atoms with E-state index in [1.165, 1.54) is 26.4 Å². The van der Waals surface area contributed by atoms with E-state index in [0.717, 1.165) is 5.56 Å². The van der Waals surface area contributed by atoms with Crippen molar-refractivity contribution in [3.63, 3.8) is 0 Å². The molecule has 0 saturated carbocycles. The first-order valence-electron chi connectivity index (χ1n) is 6.04. The summed E-state index contributed by atoms with van der Waals surface area (Å²) in [5, 5.41) is 10.8. The molecular formula is C13H18N2O5. The topological polar surface area (TPSA) is 81.9 Å². The Morgan fingerprint density at radius 3 is 2.60 bits per heavy atom. The zero-order chi connectivity index (χ0) is 15.1. The van der Waals surface area contributed by atoms with Gasteiger partial charge in [0.05, 0.1) is 31.6 Å². The van der Waals surface area contributed by atoms with Gasteiger partial charge < -0.3 is 14.4 Å². The van der Waals surface area contributed by atoms with Crippen molar-refractivity contribution in [1.82, 2.24) is 4.90 Å². The lowest BCUT2D eigenvalue weighted by Crippen LogP contribution is -2.21. The maximum atomic E-state index is 11.1. The van der Waals surface area contributed by atoms with Gasteiger partial charge in [0.15, 0.2) is 0 Å². The van der Waals surface area contributed by atoms with E-state index in [2.05, 4.69) is 4.74 Å². The number of methoxy groups -OCH3 is 2. The number of carbonyl (C=O) groups excluding carboxylic acids is 1. The SMILES string of the molecule is COC(=O)CCN(C)Cc1cc(OC)cc([N+](=O)[O-])c1. The van der Waals surface area contributed by atoms with Crippen LogP contribution in [0.3, 0.4) is 0 Å². The van der Waals surface area contributed by atoms with Crippen LogP contribution in [0, 0.1) is 10.1 Å². The van der Waals surface area contributed by atoms with Crippen LogP contribution in [0.1, 0.15) is 12.0 Å². The highest BCUT2D eigenvalue weighted by atomic mass is 16.6. The van der Waals surface area contributed by atoms with Crippen LogP contribution in [0.2, 0.25) is 0 Å². The summed E-state index contributed by atoms with van der Waals surface area (Å²) >= 11 is 0. The smallest absolute Gasteiger partial charge is 0.306 e. The van der Waals surface area contributed by atoms with Crippen LogP contribution in [0.5, 0.6) is 5.75 Å². The second-order valence-corrected chi connectivity index (χ2v) is 4.36. The van der Waals surface area contributed by atoms with Gasteiger partial charge in [-0.3, -0.25) is 14.9 Å². The first kappa shape index (κ1) is 15.9. The molecular weight excluding hydrogens is 264 g/mol. The quantitative estimate of drug-likeness (QED) is 0.429. The lowest BCUT2D eigenvalue weighted by atomic mass is 10.1. The maximum absolute atomic E-state index is 11.1. The average Bonchev–Trinajstić information content (AvgIpc) is 2.44. The average molecular weight is 282 g/mol. The summed E-state index contributed by atoms with van der Waals surface area (Å²) in [4.78, 5) is 23.3. The van der Waals surface area contributed by atoms with Crippen molar-refractivity contribution < 1.29 is 19.2 Å². The standard InChI is InChI=1S/C13H18N2O5/c1-14(5-4-13(16)20-3)9-10-6-11(15(17)18)8-12(7-10)19-2/h6-8H,4-5,9H2,1-3H3. The maximum Gasteiger partial charge on any atom is 0.306 e. The first-order chi connectivity index (χ1) is 9.46. The highest BCUT2D eigenvalue weighted by Gasteiger charge is 2.12. The van der Waals surface area contributed by atoms with Crippen LogP contribution in [-0.2, 0) is 16.1 Å². The van der Waals surface area contributed by atoms with Crippen molar-refractivity contribution in [2.75, 3.05) is 27.8 Å². The largest absolute Gasteiger partial charge is 0.496 e. The Labute approximate surface area is 117 Å². The second kappa shape index (κ2) is 7.44. The number of esters is 1. The van der Waals surface area contributed by atoms with Crippen LogP contribution in [0.25, 0.3) is 0 Å². The monoisotopic (exact) mass is 282 g/mol. The molecule has 0 fully saturated rings. The van der Waals surface area contributed by atoms with E-state index in [9.17, 15) is 14.9 Å². The Hall–Kier alpha value is -2.15. The molecule has 0 aliphatic heterocycles. The molecule has 0 amide bonds. The van der Waals surface area contributed by atoms with Crippen LogP contribution in [0.4, 0.5) is 5.69 Å². The molecule has 1 aromatic carbocycles. The van der Waals surface area contributed by atoms with E-state index in [-0.39, 0.29) is 18.1 Å². The van der Waals surface area contributed by atoms with Crippen LogP contribution in [0.15, 0.2) is 18.2 Å². The van der Waals surface area contributed by atoms with Crippen LogP contribution < -0.4 is 4.74 Å². The van der Waals surface area contributed by atoms with Gasteiger partial charge in [0.2, 0.25) is 0 Å². The normalized spacial score (nSPS) is 10.4. The number of nitro benzene ring substituents is 1. The second-order valence-electron chi connectivity index (χ2n) is 4.36. The van der Waals surface area contributed by atoms with Crippen LogP contribution in [-0.4, -0.2) is 43.6 Å². The minimum Gasteiger partial charge on any atom is -0.496 e. The number of benzene rings is 1. The Kier molecular flexibility index (Phi) is 5.92. The van der Waals surface area contributed by atoms with Crippen molar-refractivity contribution in [1.29, 1.82) is 0 Å². The van der Waals surface area contributed by atoms with Gasteiger partial charge in [-0.15, -0.1) is 0 Å². The molecule has 0 aromatic heterocycles.